The van der Waals surface area contributed by atoms with Gasteiger partial charge in [0.05, 0.1) is 6.61 Å². The normalized spacial score (nSPS) is 15.9. The minimum atomic E-state index is -0.387. The summed E-state index contributed by atoms with van der Waals surface area (Å²) in [7, 11) is 0. The average molecular weight is 402 g/mol. The number of likely N-dealkylation sites (tertiary alicyclic amines) is 1. The number of aromatic nitrogens is 1. The lowest BCUT2D eigenvalue weighted by atomic mass is 9.76. The van der Waals surface area contributed by atoms with Crippen molar-refractivity contribution in [2.45, 2.75) is 26.2 Å². The van der Waals surface area contributed by atoms with Crippen molar-refractivity contribution in [2.24, 2.45) is 11.1 Å². The van der Waals surface area contributed by atoms with E-state index in [1.165, 1.54) is 0 Å². The number of hydrogen-bond acceptors (Lipinski definition) is 4. The highest BCUT2D eigenvalue weighted by Gasteiger charge is 2.38. The Bertz CT molecular complexity index is 846. The first kappa shape index (κ1) is 20.1. The van der Waals surface area contributed by atoms with Gasteiger partial charge in [-0.2, -0.15) is 0 Å². The average Bonchev–Trinajstić information content (AvgIpc) is 2.68. The lowest BCUT2D eigenvalue weighted by molar-refractivity contribution is -0.121. The highest BCUT2D eigenvalue weighted by Crippen LogP contribution is 2.36. The standard InChI is InChI=1S/C21H24ClN3O3/c1-15-3-2-10-24-19(15)20(27)25-11-8-21(9-12-25,13-18(23)26)14-28-17-6-4-16(22)5-7-17/h2-7,10H,8-9,11-14H2,1H3,(H2,23,26). The Kier molecular flexibility index (Phi) is 6.19. The van der Waals surface area contributed by atoms with Crippen molar-refractivity contribution in [3.63, 3.8) is 0 Å². The van der Waals surface area contributed by atoms with E-state index in [0.29, 0.717) is 49.0 Å². The first-order chi connectivity index (χ1) is 13.4. The molecule has 0 radical (unpaired) electrons. The zero-order valence-electron chi connectivity index (χ0n) is 15.9. The van der Waals surface area contributed by atoms with Gasteiger partial charge in [0.1, 0.15) is 11.4 Å². The van der Waals surface area contributed by atoms with Crippen molar-refractivity contribution in [1.82, 2.24) is 9.88 Å². The minimum Gasteiger partial charge on any atom is -0.493 e. The van der Waals surface area contributed by atoms with Gasteiger partial charge in [0.2, 0.25) is 5.91 Å². The maximum absolute atomic E-state index is 12.8. The summed E-state index contributed by atoms with van der Waals surface area (Å²) in [6, 6.07) is 10.8. The molecular formula is C21H24ClN3O3. The van der Waals surface area contributed by atoms with E-state index in [1.807, 2.05) is 19.1 Å². The number of rotatable bonds is 6. The Morgan fingerprint density at radius 3 is 2.50 bits per heavy atom. The number of hydrogen-bond donors (Lipinski definition) is 1. The van der Waals surface area contributed by atoms with Gasteiger partial charge < -0.3 is 15.4 Å². The number of amides is 2. The number of nitrogens with zero attached hydrogens (tertiary/aromatic N) is 2. The number of carbonyl (C=O) groups excluding carboxylic acids is 2. The van der Waals surface area contributed by atoms with Gasteiger partial charge in [-0.05, 0) is 55.7 Å². The molecule has 7 heteroatoms. The Morgan fingerprint density at radius 1 is 1.21 bits per heavy atom. The molecule has 148 valence electrons. The first-order valence-corrected chi connectivity index (χ1v) is 9.64. The fourth-order valence-electron chi connectivity index (χ4n) is 3.55. The number of nitrogens with two attached hydrogens (primary N) is 1. The molecule has 2 amide bonds. The lowest BCUT2D eigenvalue weighted by Gasteiger charge is -2.41. The maximum Gasteiger partial charge on any atom is 0.272 e. The molecule has 1 aromatic heterocycles. The minimum absolute atomic E-state index is 0.0793. The summed E-state index contributed by atoms with van der Waals surface area (Å²) < 4.78 is 5.92. The van der Waals surface area contributed by atoms with Crippen LogP contribution in [0.4, 0.5) is 0 Å². The van der Waals surface area contributed by atoms with E-state index < -0.39 is 0 Å². The maximum atomic E-state index is 12.8. The SMILES string of the molecule is Cc1cccnc1C(=O)N1CCC(COc2ccc(Cl)cc2)(CC(N)=O)CC1. The van der Waals surface area contributed by atoms with Crippen molar-refractivity contribution in [2.75, 3.05) is 19.7 Å². The van der Waals surface area contributed by atoms with E-state index in [0.717, 1.165) is 5.56 Å². The number of primary amides is 1. The van der Waals surface area contributed by atoms with Gasteiger partial charge in [-0.1, -0.05) is 17.7 Å². The summed E-state index contributed by atoms with van der Waals surface area (Å²) in [6.45, 7) is 3.31. The fourth-order valence-corrected chi connectivity index (χ4v) is 3.68. The predicted molar refractivity (Wildman–Crippen MR) is 107 cm³/mol. The molecule has 1 aliphatic heterocycles. The number of pyridine rings is 1. The quantitative estimate of drug-likeness (QED) is 0.805. The third kappa shape index (κ3) is 4.81. The Morgan fingerprint density at radius 2 is 1.89 bits per heavy atom. The molecular weight excluding hydrogens is 378 g/mol. The summed E-state index contributed by atoms with van der Waals surface area (Å²) in [5, 5.41) is 0.635. The van der Waals surface area contributed by atoms with Gasteiger partial charge in [0.25, 0.3) is 5.91 Å². The molecule has 0 atom stereocenters. The Hall–Kier alpha value is -2.60. The Balaban J connectivity index is 1.67. The van der Waals surface area contributed by atoms with E-state index in [4.69, 9.17) is 22.1 Å². The molecule has 2 aromatic rings. The summed E-state index contributed by atoms with van der Waals surface area (Å²) in [4.78, 5) is 30.5. The molecule has 6 nitrogen and oxygen atoms in total. The van der Waals surface area contributed by atoms with Crippen LogP contribution in [-0.2, 0) is 4.79 Å². The van der Waals surface area contributed by atoms with Gasteiger partial charge in [0, 0.05) is 36.1 Å². The Labute approximate surface area is 169 Å². The van der Waals surface area contributed by atoms with Gasteiger partial charge in [-0.25, -0.2) is 0 Å². The second-order valence-electron chi connectivity index (χ2n) is 7.35. The number of carbonyl (C=O) groups is 2. The van der Waals surface area contributed by atoms with E-state index in [9.17, 15) is 9.59 Å². The molecule has 1 aliphatic rings. The van der Waals surface area contributed by atoms with Crippen LogP contribution in [-0.4, -0.2) is 41.4 Å². The summed E-state index contributed by atoms with van der Waals surface area (Å²) in [5.74, 6) is 0.250. The zero-order chi connectivity index (χ0) is 20.1. The monoisotopic (exact) mass is 401 g/mol. The molecule has 3 rings (SSSR count). The number of halogens is 1. The van der Waals surface area contributed by atoms with Crippen LogP contribution in [0.1, 0.15) is 35.3 Å². The molecule has 0 spiro atoms. The van der Waals surface area contributed by atoms with Crippen molar-refractivity contribution >= 4 is 23.4 Å². The summed E-state index contributed by atoms with van der Waals surface area (Å²) in [5.41, 5.74) is 6.44. The van der Waals surface area contributed by atoms with Crippen molar-refractivity contribution in [3.05, 3.63) is 58.9 Å². The molecule has 0 unspecified atom stereocenters. The zero-order valence-corrected chi connectivity index (χ0v) is 16.6. The molecule has 1 saturated heterocycles. The predicted octanol–water partition coefficient (Wildman–Crippen LogP) is 3.22. The summed E-state index contributed by atoms with van der Waals surface area (Å²) >= 11 is 5.90. The van der Waals surface area contributed by atoms with Crippen LogP contribution in [0.3, 0.4) is 0 Å². The van der Waals surface area contributed by atoms with E-state index in [-0.39, 0.29) is 23.7 Å². The van der Waals surface area contributed by atoms with Crippen LogP contribution in [0.5, 0.6) is 5.75 Å². The number of benzene rings is 1. The third-order valence-corrected chi connectivity index (χ3v) is 5.48. The van der Waals surface area contributed by atoms with Crippen LogP contribution >= 0.6 is 11.6 Å². The molecule has 28 heavy (non-hydrogen) atoms. The van der Waals surface area contributed by atoms with Crippen LogP contribution in [0, 0.1) is 12.3 Å². The van der Waals surface area contributed by atoms with E-state index >= 15 is 0 Å². The summed E-state index contributed by atoms with van der Waals surface area (Å²) in [6.07, 6.45) is 3.13. The van der Waals surface area contributed by atoms with Crippen molar-refractivity contribution < 1.29 is 14.3 Å². The van der Waals surface area contributed by atoms with Crippen molar-refractivity contribution in [3.8, 4) is 5.75 Å². The molecule has 0 saturated carbocycles. The van der Waals surface area contributed by atoms with E-state index in [1.54, 1.807) is 35.4 Å². The van der Waals surface area contributed by atoms with Gasteiger partial charge >= 0.3 is 0 Å². The molecule has 2 heterocycles. The highest BCUT2D eigenvalue weighted by molar-refractivity contribution is 6.30. The van der Waals surface area contributed by atoms with E-state index in [2.05, 4.69) is 4.98 Å². The van der Waals surface area contributed by atoms with Crippen LogP contribution in [0.15, 0.2) is 42.6 Å². The molecule has 0 aliphatic carbocycles. The van der Waals surface area contributed by atoms with Gasteiger partial charge in [-0.3, -0.25) is 14.6 Å². The third-order valence-electron chi connectivity index (χ3n) is 5.23. The van der Waals surface area contributed by atoms with Crippen LogP contribution in [0.25, 0.3) is 0 Å². The molecule has 2 N–H and O–H groups in total. The lowest BCUT2D eigenvalue weighted by Crippen LogP contribution is -2.47. The highest BCUT2D eigenvalue weighted by atomic mass is 35.5. The number of ether oxygens (including phenoxy) is 1. The number of aryl methyl sites for hydroxylation is 1. The topological polar surface area (TPSA) is 85.5 Å². The molecule has 1 fully saturated rings. The van der Waals surface area contributed by atoms with Crippen LogP contribution in [0.2, 0.25) is 5.02 Å². The number of piperidine rings is 1. The first-order valence-electron chi connectivity index (χ1n) is 9.26. The molecule has 0 bridgehead atoms. The van der Waals surface area contributed by atoms with Crippen molar-refractivity contribution in [1.29, 1.82) is 0 Å². The smallest absolute Gasteiger partial charge is 0.272 e. The second kappa shape index (κ2) is 8.61. The van der Waals surface area contributed by atoms with Gasteiger partial charge in [-0.15, -0.1) is 0 Å². The second-order valence-corrected chi connectivity index (χ2v) is 7.78. The fraction of sp³-hybridized carbons (Fsp3) is 0.381. The van der Waals surface area contributed by atoms with Gasteiger partial charge in [0.15, 0.2) is 0 Å². The van der Waals surface area contributed by atoms with Crippen LogP contribution < -0.4 is 10.5 Å². The molecule has 1 aromatic carbocycles. The largest absolute Gasteiger partial charge is 0.493 e.